The highest BCUT2D eigenvalue weighted by molar-refractivity contribution is 9.10. The first-order valence-corrected chi connectivity index (χ1v) is 12.5. The maximum absolute atomic E-state index is 13.5. The van der Waals surface area contributed by atoms with Gasteiger partial charge in [-0.05, 0) is 61.3 Å². The minimum Gasteiger partial charge on any atom is -0.458 e. The molecule has 1 heterocycles. The summed E-state index contributed by atoms with van der Waals surface area (Å²) >= 11 is 3.62. The first-order valence-electron chi connectivity index (χ1n) is 11.7. The summed E-state index contributed by atoms with van der Waals surface area (Å²) in [5.41, 5.74) is 4.85. The number of halogens is 1. The van der Waals surface area contributed by atoms with Gasteiger partial charge in [-0.1, -0.05) is 72.8 Å². The number of aliphatic imine (C=N–C) groups is 1. The van der Waals surface area contributed by atoms with Crippen molar-refractivity contribution in [2.45, 2.75) is 45.8 Å². The molecule has 0 aliphatic carbocycles. The Hall–Kier alpha value is -3.31. The fraction of sp³-hybridized carbons (Fsp3) is 0.233. The van der Waals surface area contributed by atoms with E-state index in [4.69, 9.17) is 14.7 Å². The lowest BCUT2D eigenvalue weighted by Crippen LogP contribution is -2.33. The highest BCUT2D eigenvalue weighted by atomic mass is 79.9. The molecule has 0 bridgehead atoms. The quantitative estimate of drug-likeness (QED) is 0.198. The average Bonchev–Trinajstić information content (AvgIpc) is 2.83. The van der Waals surface area contributed by atoms with E-state index in [-0.39, 0.29) is 5.97 Å². The third-order valence-corrected chi connectivity index (χ3v) is 6.15. The topological polar surface area (TPSA) is 51.5 Å². The number of fused-ring (bicyclic) bond motifs is 1. The van der Waals surface area contributed by atoms with Crippen LogP contribution < -0.4 is 0 Å². The Labute approximate surface area is 215 Å². The summed E-state index contributed by atoms with van der Waals surface area (Å²) in [6.45, 7) is 7.60. The van der Waals surface area contributed by atoms with Gasteiger partial charge in [0.2, 0.25) is 0 Å². The Kier molecular flexibility index (Phi) is 7.46. The van der Waals surface area contributed by atoms with Gasteiger partial charge in [-0.3, -0.25) is 9.98 Å². The molecule has 0 aliphatic rings. The summed E-state index contributed by atoms with van der Waals surface area (Å²) in [7, 11) is 0. The van der Waals surface area contributed by atoms with Gasteiger partial charge in [0.1, 0.15) is 5.60 Å². The molecule has 4 rings (SSSR count). The minimum atomic E-state index is -0.727. The number of pyridine rings is 1. The van der Waals surface area contributed by atoms with Crippen LogP contribution >= 0.6 is 15.9 Å². The second kappa shape index (κ2) is 10.5. The van der Waals surface area contributed by atoms with Gasteiger partial charge in [-0.2, -0.15) is 0 Å². The molecule has 0 aliphatic heterocycles. The van der Waals surface area contributed by atoms with E-state index in [1.165, 1.54) is 0 Å². The Morgan fingerprint density at radius 3 is 2.09 bits per heavy atom. The molecule has 4 aromatic rings. The Balaban J connectivity index is 1.84. The predicted octanol–water partition coefficient (Wildman–Crippen LogP) is 7.10. The van der Waals surface area contributed by atoms with Crippen molar-refractivity contribution in [3.05, 3.63) is 112 Å². The van der Waals surface area contributed by atoms with Crippen LogP contribution in [0.25, 0.3) is 10.9 Å². The fourth-order valence-corrected chi connectivity index (χ4v) is 4.38. The number of carbonyl (C=O) groups excluding carboxylic acids is 1. The van der Waals surface area contributed by atoms with Crippen molar-refractivity contribution in [3.8, 4) is 0 Å². The van der Waals surface area contributed by atoms with Gasteiger partial charge in [-0.15, -0.1) is 0 Å². The summed E-state index contributed by atoms with van der Waals surface area (Å²) in [6, 6.07) is 27.2. The predicted molar refractivity (Wildman–Crippen MR) is 146 cm³/mol. The summed E-state index contributed by atoms with van der Waals surface area (Å²) in [5, 5.41) is 0.995. The van der Waals surface area contributed by atoms with Crippen molar-refractivity contribution in [2.75, 3.05) is 0 Å². The van der Waals surface area contributed by atoms with E-state index in [1.807, 2.05) is 107 Å². The number of hydrogen-bond acceptors (Lipinski definition) is 4. The van der Waals surface area contributed by atoms with Gasteiger partial charge in [0, 0.05) is 33.1 Å². The minimum absolute atomic E-state index is 0.349. The van der Waals surface area contributed by atoms with Crippen molar-refractivity contribution in [2.24, 2.45) is 4.99 Å². The van der Waals surface area contributed by atoms with Crippen molar-refractivity contribution < 1.29 is 9.53 Å². The Morgan fingerprint density at radius 2 is 1.51 bits per heavy atom. The van der Waals surface area contributed by atoms with Crippen LogP contribution in [0, 0.1) is 6.92 Å². The van der Waals surface area contributed by atoms with Crippen LogP contribution in [0.4, 0.5) is 0 Å². The van der Waals surface area contributed by atoms with Crippen LogP contribution in [-0.2, 0) is 16.0 Å². The van der Waals surface area contributed by atoms with Gasteiger partial charge in [-0.25, -0.2) is 4.79 Å². The smallest absolute Gasteiger partial charge is 0.331 e. The maximum atomic E-state index is 13.5. The summed E-state index contributed by atoms with van der Waals surface area (Å²) in [6.07, 6.45) is 0.395. The molecule has 3 aromatic carbocycles. The molecule has 0 fully saturated rings. The molecule has 0 N–H and O–H groups in total. The standard InChI is InChI=1S/C30H29BrN2O2/c1-20-15-17-24-23(16-18-25(31)28(24)32-20)19-26(29(34)35-30(2,3)4)33-27(21-11-7-5-8-12-21)22-13-9-6-10-14-22/h5-18,26H,19H2,1-4H3. The zero-order valence-corrected chi connectivity index (χ0v) is 22.0. The van der Waals surface area contributed by atoms with Crippen LogP contribution in [0.1, 0.15) is 43.2 Å². The molecule has 0 amide bonds. The lowest BCUT2D eigenvalue weighted by Gasteiger charge is -2.23. The number of ether oxygens (including phenoxy) is 1. The van der Waals surface area contributed by atoms with E-state index in [9.17, 15) is 4.79 Å². The molecule has 35 heavy (non-hydrogen) atoms. The number of rotatable bonds is 6. The molecule has 178 valence electrons. The highest BCUT2D eigenvalue weighted by Gasteiger charge is 2.27. The number of nitrogens with zero attached hydrogens (tertiary/aromatic N) is 2. The SMILES string of the molecule is Cc1ccc2c(CC(N=C(c3ccccc3)c3ccccc3)C(=O)OC(C)(C)C)ccc(Br)c2n1. The molecule has 0 saturated heterocycles. The Bertz CT molecular complexity index is 1320. The summed E-state index contributed by atoms with van der Waals surface area (Å²) in [5.74, 6) is -0.349. The monoisotopic (exact) mass is 528 g/mol. The van der Waals surface area contributed by atoms with Crippen molar-refractivity contribution in [1.82, 2.24) is 4.98 Å². The van der Waals surface area contributed by atoms with Crippen LogP contribution in [0.3, 0.4) is 0 Å². The number of carbonyl (C=O) groups is 1. The Morgan fingerprint density at radius 1 is 0.914 bits per heavy atom. The summed E-state index contributed by atoms with van der Waals surface area (Å²) in [4.78, 5) is 23.2. The lowest BCUT2D eigenvalue weighted by atomic mass is 9.98. The van der Waals surface area contributed by atoms with Crippen LogP contribution in [-0.4, -0.2) is 28.3 Å². The van der Waals surface area contributed by atoms with E-state index in [0.717, 1.165) is 43.5 Å². The van der Waals surface area contributed by atoms with Gasteiger partial charge in [0.15, 0.2) is 6.04 Å². The number of aryl methyl sites for hydroxylation is 1. The molecule has 0 spiro atoms. The third kappa shape index (κ3) is 6.23. The number of esters is 1. The van der Waals surface area contributed by atoms with Crippen molar-refractivity contribution in [1.29, 1.82) is 0 Å². The molecule has 5 heteroatoms. The fourth-order valence-electron chi connectivity index (χ4n) is 3.94. The number of hydrogen-bond donors (Lipinski definition) is 0. The van der Waals surface area contributed by atoms with Crippen molar-refractivity contribution >= 4 is 38.5 Å². The molecule has 0 radical (unpaired) electrons. The van der Waals surface area contributed by atoms with E-state index in [2.05, 4.69) is 22.0 Å². The molecule has 4 nitrogen and oxygen atoms in total. The molecular weight excluding hydrogens is 500 g/mol. The number of aromatic nitrogens is 1. The molecule has 0 saturated carbocycles. The molecule has 1 aromatic heterocycles. The average molecular weight is 529 g/mol. The number of benzene rings is 3. The molecule has 1 atom stereocenters. The largest absolute Gasteiger partial charge is 0.458 e. The van der Waals surface area contributed by atoms with E-state index in [1.54, 1.807) is 0 Å². The first-order chi connectivity index (χ1) is 16.7. The second-order valence-corrected chi connectivity index (χ2v) is 10.4. The van der Waals surface area contributed by atoms with Crippen LogP contribution in [0.5, 0.6) is 0 Å². The maximum Gasteiger partial charge on any atom is 0.331 e. The molecular formula is C30H29BrN2O2. The van der Waals surface area contributed by atoms with Gasteiger partial charge < -0.3 is 4.74 Å². The summed E-state index contributed by atoms with van der Waals surface area (Å²) < 4.78 is 6.75. The lowest BCUT2D eigenvalue weighted by molar-refractivity contribution is -0.156. The van der Waals surface area contributed by atoms with Crippen LogP contribution in [0.15, 0.2) is 94.4 Å². The van der Waals surface area contributed by atoms with Crippen molar-refractivity contribution in [3.63, 3.8) is 0 Å². The normalized spacial score (nSPS) is 12.3. The molecule has 1 unspecified atom stereocenters. The highest BCUT2D eigenvalue weighted by Crippen LogP contribution is 2.28. The van der Waals surface area contributed by atoms with Gasteiger partial charge in [0.05, 0.1) is 11.2 Å². The van der Waals surface area contributed by atoms with Crippen LogP contribution in [0.2, 0.25) is 0 Å². The first kappa shape index (κ1) is 24.8. The van der Waals surface area contributed by atoms with E-state index >= 15 is 0 Å². The zero-order chi connectivity index (χ0) is 25.0. The second-order valence-electron chi connectivity index (χ2n) is 9.52. The van der Waals surface area contributed by atoms with E-state index in [0.29, 0.717) is 6.42 Å². The zero-order valence-electron chi connectivity index (χ0n) is 20.5. The third-order valence-electron chi connectivity index (χ3n) is 5.51. The van der Waals surface area contributed by atoms with Gasteiger partial charge >= 0.3 is 5.97 Å². The van der Waals surface area contributed by atoms with Gasteiger partial charge in [0.25, 0.3) is 0 Å². The van der Waals surface area contributed by atoms with E-state index < -0.39 is 11.6 Å².